The van der Waals surface area contributed by atoms with Gasteiger partial charge in [-0.15, -0.1) is 0 Å². The third kappa shape index (κ3) is 5.26. The maximum Gasteiger partial charge on any atom is 0.264 e. The summed E-state index contributed by atoms with van der Waals surface area (Å²) < 4.78 is 44.8. The standard InChI is InChI=1S/C25H26N2O6S/c1-18-10-12-22(13-11-18)34(29,30)27(19-6-5-7-20(14-19)31-2)16-25(28)26-15-21-17-32-23-8-3-4-9-24(23)33-21/h3-14,21H,15-17H2,1-2H3,(H,26,28). The van der Waals surface area contributed by atoms with E-state index in [1.165, 1.54) is 19.2 Å². The summed E-state index contributed by atoms with van der Waals surface area (Å²) in [4.78, 5) is 12.9. The molecule has 0 aliphatic carbocycles. The number of hydrogen-bond acceptors (Lipinski definition) is 6. The summed E-state index contributed by atoms with van der Waals surface area (Å²) >= 11 is 0. The van der Waals surface area contributed by atoms with E-state index in [9.17, 15) is 13.2 Å². The summed E-state index contributed by atoms with van der Waals surface area (Å²) in [5.41, 5.74) is 1.25. The van der Waals surface area contributed by atoms with E-state index >= 15 is 0 Å². The lowest BCUT2D eigenvalue weighted by Gasteiger charge is -2.27. The Balaban J connectivity index is 1.51. The highest BCUT2D eigenvalue weighted by molar-refractivity contribution is 7.92. The Bertz CT molecular complexity index is 1260. The van der Waals surface area contributed by atoms with E-state index in [1.54, 1.807) is 42.5 Å². The second-order valence-corrected chi connectivity index (χ2v) is 9.69. The fraction of sp³-hybridized carbons (Fsp3) is 0.240. The highest BCUT2D eigenvalue weighted by Crippen LogP contribution is 2.31. The molecule has 1 N–H and O–H groups in total. The molecule has 0 saturated carbocycles. The molecule has 34 heavy (non-hydrogen) atoms. The Labute approximate surface area is 199 Å². The maximum absolute atomic E-state index is 13.5. The third-order valence-electron chi connectivity index (χ3n) is 5.33. The van der Waals surface area contributed by atoms with Crippen LogP contribution in [-0.2, 0) is 14.8 Å². The van der Waals surface area contributed by atoms with Crippen molar-refractivity contribution in [3.63, 3.8) is 0 Å². The summed E-state index contributed by atoms with van der Waals surface area (Å²) in [7, 11) is -2.52. The average Bonchev–Trinajstić information content (AvgIpc) is 2.86. The number of benzene rings is 3. The summed E-state index contributed by atoms with van der Waals surface area (Å²) in [6.07, 6.45) is -0.391. The molecule has 3 aromatic rings. The molecule has 9 heteroatoms. The third-order valence-corrected chi connectivity index (χ3v) is 7.12. The first-order valence-electron chi connectivity index (χ1n) is 10.8. The first-order valence-corrected chi connectivity index (χ1v) is 12.2. The van der Waals surface area contributed by atoms with Crippen molar-refractivity contribution in [3.05, 3.63) is 78.4 Å². The number of carbonyl (C=O) groups excluding carboxylic acids is 1. The number of amides is 1. The Hall–Kier alpha value is -3.72. The lowest BCUT2D eigenvalue weighted by Crippen LogP contribution is -2.45. The fourth-order valence-corrected chi connectivity index (χ4v) is 4.91. The second-order valence-electron chi connectivity index (χ2n) is 7.83. The topological polar surface area (TPSA) is 94.2 Å². The van der Waals surface area contributed by atoms with Crippen LogP contribution in [0.25, 0.3) is 0 Å². The van der Waals surface area contributed by atoms with Gasteiger partial charge in [-0.2, -0.15) is 0 Å². The number of ether oxygens (including phenoxy) is 3. The van der Waals surface area contributed by atoms with Crippen molar-refractivity contribution in [2.75, 3.05) is 31.1 Å². The van der Waals surface area contributed by atoms with Gasteiger partial charge >= 0.3 is 0 Å². The molecule has 0 fully saturated rings. The van der Waals surface area contributed by atoms with Gasteiger partial charge in [0.15, 0.2) is 11.5 Å². The first-order chi connectivity index (χ1) is 16.4. The van der Waals surface area contributed by atoms with E-state index in [-0.39, 0.29) is 18.0 Å². The Morgan fingerprint density at radius 3 is 2.53 bits per heavy atom. The zero-order valence-corrected chi connectivity index (χ0v) is 19.7. The monoisotopic (exact) mass is 482 g/mol. The normalized spacial score (nSPS) is 14.8. The van der Waals surface area contributed by atoms with Crippen molar-refractivity contribution in [2.45, 2.75) is 17.9 Å². The number of sulfonamides is 1. The van der Waals surface area contributed by atoms with Gasteiger partial charge in [-0.25, -0.2) is 8.42 Å². The van der Waals surface area contributed by atoms with Gasteiger partial charge in [0, 0.05) is 6.07 Å². The van der Waals surface area contributed by atoms with Crippen LogP contribution in [0.4, 0.5) is 5.69 Å². The van der Waals surface area contributed by atoms with Crippen molar-refractivity contribution in [3.8, 4) is 17.2 Å². The summed E-state index contributed by atoms with van der Waals surface area (Å²) in [5.74, 6) is 1.26. The smallest absolute Gasteiger partial charge is 0.264 e. The minimum atomic E-state index is -4.01. The zero-order chi connectivity index (χ0) is 24.1. The summed E-state index contributed by atoms with van der Waals surface area (Å²) in [6.45, 7) is 1.91. The highest BCUT2D eigenvalue weighted by atomic mass is 32.2. The molecule has 3 aromatic carbocycles. The van der Waals surface area contributed by atoms with Gasteiger partial charge < -0.3 is 19.5 Å². The van der Waals surface area contributed by atoms with Gasteiger partial charge in [0.1, 0.15) is 25.0 Å². The maximum atomic E-state index is 13.5. The number of nitrogens with one attached hydrogen (secondary N) is 1. The van der Waals surface area contributed by atoms with Gasteiger partial charge in [-0.1, -0.05) is 35.9 Å². The lowest BCUT2D eigenvalue weighted by molar-refractivity contribution is -0.120. The molecule has 0 radical (unpaired) electrons. The van der Waals surface area contributed by atoms with Crippen molar-refractivity contribution in [1.29, 1.82) is 0 Å². The molecule has 8 nitrogen and oxygen atoms in total. The lowest BCUT2D eigenvalue weighted by atomic mass is 10.2. The molecule has 0 spiro atoms. The predicted octanol–water partition coefficient (Wildman–Crippen LogP) is 3.16. The minimum Gasteiger partial charge on any atom is -0.497 e. The first kappa shape index (κ1) is 23.4. The number of methoxy groups -OCH3 is 1. The molecule has 178 valence electrons. The van der Waals surface area contributed by atoms with Gasteiger partial charge in [-0.3, -0.25) is 9.10 Å². The number of carbonyl (C=O) groups is 1. The number of nitrogens with zero attached hydrogens (tertiary/aromatic N) is 1. The number of aryl methyl sites for hydroxylation is 1. The molecule has 1 unspecified atom stereocenters. The molecule has 1 atom stereocenters. The van der Waals surface area contributed by atoms with Crippen LogP contribution in [0.1, 0.15) is 5.56 Å². The van der Waals surface area contributed by atoms with Gasteiger partial charge in [-0.05, 0) is 43.3 Å². The van der Waals surface area contributed by atoms with Crippen LogP contribution >= 0.6 is 0 Å². The van der Waals surface area contributed by atoms with E-state index in [0.29, 0.717) is 22.9 Å². The van der Waals surface area contributed by atoms with Crippen LogP contribution in [0.2, 0.25) is 0 Å². The van der Waals surface area contributed by atoms with E-state index in [1.807, 2.05) is 25.1 Å². The largest absolute Gasteiger partial charge is 0.497 e. The van der Waals surface area contributed by atoms with Crippen molar-refractivity contribution < 1.29 is 27.4 Å². The highest BCUT2D eigenvalue weighted by Gasteiger charge is 2.28. The van der Waals surface area contributed by atoms with Gasteiger partial charge in [0.25, 0.3) is 10.0 Å². The molecule has 1 aliphatic rings. The van der Waals surface area contributed by atoms with Crippen LogP contribution in [0, 0.1) is 6.92 Å². The molecule has 0 aromatic heterocycles. The molecule has 1 heterocycles. The van der Waals surface area contributed by atoms with Crippen LogP contribution in [-0.4, -0.2) is 47.2 Å². The van der Waals surface area contributed by atoms with Crippen LogP contribution < -0.4 is 23.8 Å². The van der Waals surface area contributed by atoms with E-state index < -0.39 is 28.6 Å². The molecular formula is C25H26N2O6S. The number of fused-ring (bicyclic) bond motifs is 1. The molecule has 1 aliphatic heterocycles. The summed E-state index contributed by atoms with van der Waals surface area (Å²) in [5, 5.41) is 2.76. The molecule has 0 saturated heterocycles. The van der Waals surface area contributed by atoms with Crippen LogP contribution in [0.15, 0.2) is 77.7 Å². The second kappa shape index (κ2) is 10.0. The minimum absolute atomic E-state index is 0.0920. The Kier molecular flexibility index (Phi) is 6.93. The Morgan fingerprint density at radius 1 is 1.06 bits per heavy atom. The average molecular weight is 483 g/mol. The number of hydrogen-bond donors (Lipinski definition) is 1. The summed E-state index contributed by atoms with van der Waals surface area (Å²) in [6, 6.07) is 20.4. The molecule has 1 amide bonds. The van der Waals surface area contributed by atoms with Crippen molar-refractivity contribution >= 4 is 21.6 Å². The number of para-hydroxylation sites is 2. The van der Waals surface area contributed by atoms with E-state index in [0.717, 1.165) is 9.87 Å². The van der Waals surface area contributed by atoms with Crippen LogP contribution in [0.5, 0.6) is 17.2 Å². The SMILES string of the molecule is COc1cccc(N(CC(=O)NCC2COc3ccccc3O2)S(=O)(=O)c2ccc(C)cc2)c1. The fourth-order valence-electron chi connectivity index (χ4n) is 3.50. The van der Waals surface area contributed by atoms with E-state index in [2.05, 4.69) is 5.32 Å². The van der Waals surface area contributed by atoms with Gasteiger partial charge in [0.2, 0.25) is 5.91 Å². The number of anilines is 1. The molecule has 4 rings (SSSR count). The predicted molar refractivity (Wildman–Crippen MR) is 128 cm³/mol. The number of rotatable bonds is 8. The quantitative estimate of drug-likeness (QED) is 0.530. The Morgan fingerprint density at radius 2 is 1.79 bits per heavy atom. The van der Waals surface area contributed by atoms with Gasteiger partial charge in [0.05, 0.1) is 24.2 Å². The van der Waals surface area contributed by atoms with E-state index in [4.69, 9.17) is 14.2 Å². The van der Waals surface area contributed by atoms with Crippen molar-refractivity contribution in [1.82, 2.24) is 5.32 Å². The molecular weight excluding hydrogens is 456 g/mol. The van der Waals surface area contributed by atoms with Crippen LogP contribution in [0.3, 0.4) is 0 Å². The molecule has 0 bridgehead atoms. The zero-order valence-electron chi connectivity index (χ0n) is 18.9. The van der Waals surface area contributed by atoms with Crippen molar-refractivity contribution in [2.24, 2.45) is 0 Å².